The van der Waals surface area contributed by atoms with Gasteiger partial charge in [-0.1, -0.05) is 24.6 Å². The van der Waals surface area contributed by atoms with Gasteiger partial charge in [0, 0.05) is 24.3 Å². The van der Waals surface area contributed by atoms with E-state index in [0.29, 0.717) is 12.0 Å². The van der Waals surface area contributed by atoms with Crippen molar-refractivity contribution >= 4 is 0 Å². The van der Waals surface area contributed by atoms with E-state index in [4.69, 9.17) is 5.73 Å². The molecule has 1 heterocycles. The highest BCUT2D eigenvalue weighted by atomic mass is 15.3. The monoisotopic (exact) mass is 284 g/mol. The number of rotatable bonds is 5. The largest absolute Gasteiger partial charge is 0.330 e. The molecule has 1 aliphatic carbocycles. The van der Waals surface area contributed by atoms with E-state index >= 15 is 0 Å². The molecule has 1 fully saturated rings. The van der Waals surface area contributed by atoms with Crippen molar-refractivity contribution in [2.45, 2.75) is 31.8 Å². The topological polar surface area (TPSA) is 47.1 Å². The van der Waals surface area contributed by atoms with Gasteiger partial charge in [0.1, 0.15) is 0 Å². The summed E-state index contributed by atoms with van der Waals surface area (Å²) in [5, 5.41) is 4.47. The van der Waals surface area contributed by atoms with Crippen LogP contribution < -0.4 is 5.73 Å². The lowest BCUT2D eigenvalue weighted by molar-refractivity contribution is 0.193. The summed E-state index contributed by atoms with van der Waals surface area (Å²) < 4.78 is 1.94. The van der Waals surface area contributed by atoms with Crippen LogP contribution in [0, 0.1) is 5.92 Å². The minimum atomic E-state index is 0.620. The van der Waals surface area contributed by atoms with Crippen LogP contribution in [-0.4, -0.2) is 34.3 Å². The second-order valence-corrected chi connectivity index (χ2v) is 6.04. The summed E-state index contributed by atoms with van der Waals surface area (Å²) in [4.78, 5) is 2.44. The zero-order valence-corrected chi connectivity index (χ0v) is 12.7. The summed E-state index contributed by atoms with van der Waals surface area (Å²) in [7, 11) is 2.21. The van der Waals surface area contributed by atoms with Gasteiger partial charge in [-0.3, -0.25) is 4.90 Å². The van der Waals surface area contributed by atoms with Crippen LogP contribution in [0.5, 0.6) is 0 Å². The van der Waals surface area contributed by atoms with Crippen molar-refractivity contribution in [3.63, 3.8) is 0 Å². The van der Waals surface area contributed by atoms with Crippen LogP contribution in [0.25, 0.3) is 5.69 Å². The number of benzene rings is 1. The van der Waals surface area contributed by atoms with Gasteiger partial charge in [0.15, 0.2) is 0 Å². The highest BCUT2D eigenvalue weighted by Crippen LogP contribution is 2.29. The van der Waals surface area contributed by atoms with Crippen LogP contribution >= 0.6 is 0 Å². The van der Waals surface area contributed by atoms with Gasteiger partial charge in [0.05, 0.1) is 11.9 Å². The van der Waals surface area contributed by atoms with Gasteiger partial charge >= 0.3 is 0 Å². The summed E-state index contributed by atoms with van der Waals surface area (Å²) in [6.45, 7) is 1.74. The number of para-hydroxylation sites is 1. The molecule has 4 nitrogen and oxygen atoms in total. The van der Waals surface area contributed by atoms with Crippen molar-refractivity contribution in [3.8, 4) is 5.69 Å². The van der Waals surface area contributed by atoms with Gasteiger partial charge in [0.2, 0.25) is 0 Å². The standard InChI is InChI=1S/C17H24N4/c1-20(17-9-5-6-15(17)10-18)12-14-11-19-21(13-14)16-7-3-2-4-8-16/h2-4,7-8,11,13,15,17H,5-6,9-10,12,18H2,1H3. The van der Waals surface area contributed by atoms with E-state index in [-0.39, 0.29) is 0 Å². The Morgan fingerprint density at radius 1 is 1.29 bits per heavy atom. The lowest BCUT2D eigenvalue weighted by atomic mass is 10.0. The fourth-order valence-electron chi connectivity index (χ4n) is 3.44. The Bertz CT molecular complexity index is 563. The molecule has 2 unspecified atom stereocenters. The molecule has 0 aliphatic heterocycles. The maximum absolute atomic E-state index is 5.89. The normalized spacial score (nSPS) is 22.0. The van der Waals surface area contributed by atoms with Gasteiger partial charge in [-0.15, -0.1) is 0 Å². The average molecular weight is 284 g/mol. The van der Waals surface area contributed by atoms with E-state index in [9.17, 15) is 0 Å². The van der Waals surface area contributed by atoms with E-state index in [1.165, 1.54) is 24.8 Å². The molecule has 0 amide bonds. The summed E-state index contributed by atoms with van der Waals surface area (Å²) in [6.07, 6.45) is 7.94. The number of hydrogen-bond donors (Lipinski definition) is 1. The second kappa shape index (κ2) is 6.41. The molecule has 0 radical (unpaired) electrons. The average Bonchev–Trinajstić information content (AvgIpc) is 3.16. The molecule has 0 spiro atoms. The molecule has 2 atom stereocenters. The van der Waals surface area contributed by atoms with E-state index in [1.807, 2.05) is 29.1 Å². The quantitative estimate of drug-likeness (QED) is 0.917. The number of hydrogen-bond acceptors (Lipinski definition) is 3. The van der Waals surface area contributed by atoms with E-state index < -0.39 is 0 Å². The molecule has 0 saturated heterocycles. The third kappa shape index (κ3) is 3.17. The lowest BCUT2D eigenvalue weighted by Gasteiger charge is -2.28. The predicted octanol–water partition coefficient (Wildman–Crippen LogP) is 2.43. The van der Waals surface area contributed by atoms with Crippen LogP contribution in [0.1, 0.15) is 24.8 Å². The first-order chi connectivity index (χ1) is 10.3. The molecule has 1 aliphatic rings. The number of nitrogens with zero attached hydrogens (tertiary/aromatic N) is 3. The van der Waals surface area contributed by atoms with Crippen LogP contribution in [0.4, 0.5) is 0 Å². The third-order valence-corrected chi connectivity index (χ3v) is 4.58. The molecule has 1 aromatic carbocycles. The Morgan fingerprint density at radius 2 is 2.10 bits per heavy atom. The Kier molecular flexibility index (Phi) is 4.36. The summed E-state index contributed by atoms with van der Waals surface area (Å²) in [6, 6.07) is 10.9. The Hall–Kier alpha value is -1.65. The smallest absolute Gasteiger partial charge is 0.0645 e. The minimum absolute atomic E-state index is 0.620. The molecule has 2 N–H and O–H groups in total. The zero-order valence-electron chi connectivity index (χ0n) is 12.7. The van der Waals surface area contributed by atoms with Crippen molar-refractivity contribution < 1.29 is 0 Å². The summed E-state index contributed by atoms with van der Waals surface area (Å²) in [5.41, 5.74) is 8.25. The fraction of sp³-hybridized carbons (Fsp3) is 0.471. The van der Waals surface area contributed by atoms with Gasteiger partial charge in [0.25, 0.3) is 0 Å². The molecule has 1 saturated carbocycles. The second-order valence-electron chi connectivity index (χ2n) is 6.04. The SMILES string of the molecule is CN(Cc1cnn(-c2ccccc2)c1)C1CCCC1CN. The maximum atomic E-state index is 5.89. The Morgan fingerprint density at radius 3 is 2.86 bits per heavy atom. The van der Waals surface area contributed by atoms with Crippen LogP contribution in [0.15, 0.2) is 42.7 Å². The molecule has 4 heteroatoms. The van der Waals surface area contributed by atoms with E-state index in [1.54, 1.807) is 0 Å². The fourth-order valence-corrected chi connectivity index (χ4v) is 3.44. The molecular formula is C17H24N4. The summed E-state index contributed by atoms with van der Waals surface area (Å²) in [5.74, 6) is 0.652. The van der Waals surface area contributed by atoms with E-state index in [2.05, 4.69) is 35.4 Å². The molecule has 1 aromatic heterocycles. The Labute approximate surface area is 126 Å². The number of aromatic nitrogens is 2. The van der Waals surface area contributed by atoms with E-state index in [0.717, 1.165) is 18.8 Å². The van der Waals surface area contributed by atoms with Gasteiger partial charge in [-0.25, -0.2) is 4.68 Å². The maximum Gasteiger partial charge on any atom is 0.0645 e. The van der Waals surface area contributed by atoms with Gasteiger partial charge < -0.3 is 5.73 Å². The number of nitrogens with two attached hydrogens (primary N) is 1. The van der Waals surface area contributed by atoms with Gasteiger partial charge in [-0.05, 0) is 44.5 Å². The van der Waals surface area contributed by atoms with Crippen molar-refractivity contribution in [2.24, 2.45) is 11.7 Å². The molecule has 21 heavy (non-hydrogen) atoms. The van der Waals surface area contributed by atoms with Crippen molar-refractivity contribution in [2.75, 3.05) is 13.6 Å². The lowest BCUT2D eigenvalue weighted by Crippen LogP contribution is -2.37. The molecule has 3 rings (SSSR count). The summed E-state index contributed by atoms with van der Waals surface area (Å²) >= 11 is 0. The van der Waals surface area contributed by atoms with Crippen LogP contribution in [-0.2, 0) is 6.54 Å². The zero-order chi connectivity index (χ0) is 14.7. The molecule has 112 valence electrons. The molecule has 2 aromatic rings. The molecular weight excluding hydrogens is 260 g/mol. The first-order valence-electron chi connectivity index (χ1n) is 7.77. The first-order valence-corrected chi connectivity index (χ1v) is 7.77. The molecule has 0 bridgehead atoms. The highest BCUT2D eigenvalue weighted by molar-refractivity contribution is 5.30. The Balaban J connectivity index is 1.67. The van der Waals surface area contributed by atoms with Crippen molar-refractivity contribution in [1.82, 2.24) is 14.7 Å². The van der Waals surface area contributed by atoms with Crippen molar-refractivity contribution in [3.05, 3.63) is 48.3 Å². The minimum Gasteiger partial charge on any atom is -0.330 e. The van der Waals surface area contributed by atoms with Gasteiger partial charge in [-0.2, -0.15) is 5.10 Å². The predicted molar refractivity (Wildman–Crippen MR) is 85.2 cm³/mol. The van der Waals surface area contributed by atoms with Crippen molar-refractivity contribution in [1.29, 1.82) is 0 Å². The third-order valence-electron chi connectivity index (χ3n) is 4.58. The van der Waals surface area contributed by atoms with Crippen LogP contribution in [0.2, 0.25) is 0 Å². The first kappa shape index (κ1) is 14.3. The highest BCUT2D eigenvalue weighted by Gasteiger charge is 2.29. The van der Waals surface area contributed by atoms with Crippen LogP contribution in [0.3, 0.4) is 0 Å².